The Morgan fingerprint density at radius 1 is 1.18 bits per heavy atom. The monoisotopic (exact) mass is 384 g/mol. The van der Waals surface area contributed by atoms with Crippen LogP contribution in [0.2, 0.25) is 0 Å². The number of nitriles is 1. The minimum Gasteiger partial charge on any atom is -0.449 e. The second-order valence-corrected chi connectivity index (χ2v) is 5.66. The number of aryl methyl sites for hydroxylation is 1. The summed E-state index contributed by atoms with van der Waals surface area (Å²) in [7, 11) is 0. The molecular formula is C18H12N2O8. The number of hydrogen-bond donors (Lipinski definition) is 2. The predicted molar refractivity (Wildman–Crippen MR) is 93.8 cm³/mol. The number of nitrogens with zero attached hydrogens (tertiary/aromatic N) is 2. The lowest BCUT2D eigenvalue weighted by Crippen LogP contribution is -2.09. The number of hydrogen-bond acceptors (Lipinski definition) is 8. The van der Waals surface area contributed by atoms with Gasteiger partial charge in [-0.25, -0.2) is 14.6 Å². The Bertz CT molecular complexity index is 1220. The molecule has 3 rings (SSSR count). The Kier molecular flexibility index (Phi) is 4.82. The van der Waals surface area contributed by atoms with Crippen LogP contribution in [0.1, 0.15) is 24.5 Å². The lowest BCUT2D eigenvalue weighted by molar-refractivity contribution is 0.133. The van der Waals surface area contributed by atoms with E-state index >= 15 is 0 Å². The third-order valence-corrected chi connectivity index (χ3v) is 3.85. The largest absolute Gasteiger partial charge is 0.513 e. The van der Waals surface area contributed by atoms with Crippen LogP contribution in [0.5, 0.6) is 11.8 Å². The zero-order valence-electron chi connectivity index (χ0n) is 14.4. The van der Waals surface area contributed by atoms with E-state index in [4.69, 9.17) is 14.6 Å². The maximum atomic E-state index is 12.5. The molecule has 28 heavy (non-hydrogen) atoms. The fraction of sp³-hybridized carbons (Fsp3) is 0.167. The van der Waals surface area contributed by atoms with Crippen LogP contribution in [0.3, 0.4) is 0 Å². The third-order valence-electron chi connectivity index (χ3n) is 3.85. The van der Waals surface area contributed by atoms with Crippen LogP contribution in [-0.4, -0.2) is 27.5 Å². The van der Waals surface area contributed by atoms with Gasteiger partial charge in [-0.1, -0.05) is 13.3 Å². The molecule has 0 atom stereocenters. The Morgan fingerprint density at radius 2 is 1.89 bits per heavy atom. The van der Waals surface area contributed by atoms with Crippen molar-refractivity contribution in [2.75, 3.05) is 0 Å². The van der Waals surface area contributed by atoms with Gasteiger partial charge in [0.15, 0.2) is 5.43 Å². The molecule has 0 unspecified atom stereocenters. The minimum atomic E-state index is -1.65. The number of fused-ring (bicyclic) bond motifs is 2. The smallest absolute Gasteiger partial charge is 0.449 e. The highest BCUT2D eigenvalue weighted by Crippen LogP contribution is 2.32. The molecule has 0 aliphatic carbocycles. The highest BCUT2D eigenvalue weighted by molar-refractivity contribution is 6.00. The van der Waals surface area contributed by atoms with Crippen molar-refractivity contribution in [3.8, 4) is 17.9 Å². The molecule has 1 aromatic carbocycles. The number of aromatic nitrogens is 1. The maximum absolute atomic E-state index is 12.5. The number of benzene rings is 1. The van der Waals surface area contributed by atoms with Crippen LogP contribution in [0, 0.1) is 11.3 Å². The summed E-state index contributed by atoms with van der Waals surface area (Å²) >= 11 is 0. The first kappa shape index (κ1) is 18.7. The van der Waals surface area contributed by atoms with E-state index < -0.39 is 23.7 Å². The Morgan fingerprint density at radius 3 is 2.50 bits per heavy atom. The van der Waals surface area contributed by atoms with E-state index in [9.17, 15) is 19.6 Å². The number of ether oxygens (including phenoxy) is 2. The molecule has 142 valence electrons. The highest BCUT2D eigenvalue weighted by atomic mass is 16.7. The van der Waals surface area contributed by atoms with Gasteiger partial charge < -0.3 is 24.1 Å². The summed E-state index contributed by atoms with van der Waals surface area (Å²) in [4.78, 5) is 38.2. The molecule has 10 nitrogen and oxygen atoms in total. The van der Waals surface area contributed by atoms with E-state index in [-0.39, 0.29) is 27.9 Å². The molecule has 0 aliphatic heterocycles. The molecule has 0 spiro atoms. The van der Waals surface area contributed by atoms with Gasteiger partial charge in [0, 0.05) is 17.0 Å². The molecule has 2 heterocycles. The zero-order chi connectivity index (χ0) is 20.4. The lowest BCUT2D eigenvalue weighted by atomic mass is 9.99. The number of carboxylic acid groups (broad SMARTS) is 2. The SMILES string of the molecule is CCCc1c2nc(OC(=O)O)cc(C#N)c2cc2c(=O)cc(OC(=O)O)oc12. The summed E-state index contributed by atoms with van der Waals surface area (Å²) < 4.78 is 14.5. The van der Waals surface area contributed by atoms with Crippen LogP contribution in [0.15, 0.2) is 27.4 Å². The van der Waals surface area contributed by atoms with Crippen molar-refractivity contribution in [2.24, 2.45) is 0 Å². The topological polar surface area (TPSA) is 160 Å². The molecule has 10 heteroatoms. The van der Waals surface area contributed by atoms with Crippen LogP contribution >= 0.6 is 0 Å². The van der Waals surface area contributed by atoms with E-state index in [0.717, 1.165) is 12.1 Å². The Labute approximate surface area is 156 Å². The first-order valence-electron chi connectivity index (χ1n) is 8.00. The molecule has 0 saturated carbocycles. The van der Waals surface area contributed by atoms with Crippen LogP contribution < -0.4 is 14.9 Å². The summed E-state index contributed by atoms with van der Waals surface area (Å²) in [6, 6.07) is 5.35. The van der Waals surface area contributed by atoms with E-state index in [1.165, 1.54) is 6.07 Å². The molecule has 0 amide bonds. The van der Waals surface area contributed by atoms with Gasteiger partial charge in [0.1, 0.15) is 11.7 Å². The van der Waals surface area contributed by atoms with Crippen molar-refractivity contribution < 1.29 is 33.7 Å². The molecule has 0 fully saturated rings. The van der Waals surface area contributed by atoms with Gasteiger partial charge in [0.25, 0.3) is 5.95 Å². The predicted octanol–water partition coefficient (Wildman–Crippen LogP) is 3.28. The molecule has 0 aliphatic rings. The molecule has 0 saturated heterocycles. The molecule has 0 radical (unpaired) electrons. The van der Waals surface area contributed by atoms with Gasteiger partial charge in [0.05, 0.1) is 22.5 Å². The second kappa shape index (κ2) is 7.24. The van der Waals surface area contributed by atoms with Crippen molar-refractivity contribution in [1.82, 2.24) is 4.98 Å². The summed E-state index contributed by atoms with van der Waals surface area (Å²) in [6.45, 7) is 1.85. The number of carbonyl (C=O) groups is 2. The summed E-state index contributed by atoms with van der Waals surface area (Å²) in [6.07, 6.45) is -2.31. The second-order valence-electron chi connectivity index (χ2n) is 5.66. The molecule has 2 aromatic heterocycles. The van der Waals surface area contributed by atoms with E-state index in [2.05, 4.69) is 14.5 Å². The zero-order valence-corrected chi connectivity index (χ0v) is 14.4. The number of pyridine rings is 1. The van der Waals surface area contributed by atoms with Crippen molar-refractivity contribution in [3.63, 3.8) is 0 Å². The average molecular weight is 384 g/mol. The molecule has 0 bridgehead atoms. The number of rotatable bonds is 4. The summed E-state index contributed by atoms with van der Waals surface area (Å²) in [5, 5.41) is 27.4. The summed E-state index contributed by atoms with van der Waals surface area (Å²) in [5.41, 5.74) is 0.148. The Hall–Kier alpha value is -4.13. The van der Waals surface area contributed by atoms with Gasteiger partial charge in [-0.2, -0.15) is 5.26 Å². The van der Waals surface area contributed by atoms with E-state index in [1.807, 2.05) is 13.0 Å². The van der Waals surface area contributed by atoms with Gasteiger partial charge in [0.2, 0.25) is 5.88 Å². The first-order valence-corrected chi connectivity index (χ1v) is 8.00. The van der Waals surface area contributed by atoms with Crippen molar-refractivity contribution >= 4 is 34.2 Å². The normalized spacial score (nSPS) is 10.6. The van der Waals surface area contributed by atoms with E-state index in [0.29, 0.717) is 23.8 Å². The van der Waals surface area contributed by atoms with E-state index in [1.54, 1.807) is 0 Å². The third kappa shape index (κ3) is 3.41. The van der Waals surface area contributed by atoms with Crippen LogP contribution in [0.25, 0.3) is 21.9 Å². The van der Waals surface area contributed by atoms with Gasteiger partial charge >= 0.3 is 12.3 Å². The fourth-order valence-electron chi connectivity index (χ4n) is 2.85. The Balaban J connectivity index is 2.44. The van der Waals surface area contributed by atoms with Crippen LogP contribution in [0.4, 0.5) is 9.59 Å². The van der Waals surface area contributed by atoms with Gasteiger partial charge in [-0.3, -0.25) is 4.79 Å². The highest BCUT2D eigenvalue weighted by Gasteiger charge is 2.19. The average Bonchev–Trinajstić information content (AvgIpc) is 2.61. The van der Waals surface area contributed by atoms with Crippen molar-refractivity contribution in [2.45, 2.75) is 19.8 Å². The van der Waals surface area contributed by atoms with Crippen molar-refractivity contribution in [1.29, 1.82) is 5.26 Å². The molecule has 3 aromatic rings. The summed E-state index contributed by atoms with van der Waals surface area (Å²) in [5.74, 6) is -0.825. The maximum Gasteiger partial charge on any atom is 0.513 e. The lowest BCUT2D eigenvalue weighted by Gasteiger charge is -2.11. The first-order chi connectivity index (χ1) is 13.3. The molecular weight excluding hydrogens is 372 g/mol. The van der Waals surface area contributed by atoms with Crippen molar-refractivity contribution in [3.05, 3.63) is 39.5 Å². The fourth-order valence-corrected chi connectivity index (χ4v) is 2.85. The molecule has 2 N–H and O–H groups in total. The quantitative estimate of drug-likeness (QED) is 0.504. The minimum absolute atomic E-state index is 0.0435. The van der Waals surface area contributed by atoms with Crippen LogP contribution in [-0.2, 0) is 6.42 Å². The standard InChI is InChI=1S/C18H12N2O8/c1-2-3-9-15-10(8(7-19)4-13(20-15)26-17(22)23)5-11-12(21)6-14(27-16(9)11)28-18(24)25/h4-6H,2-3H2,1H3,(H,22,23)(H,24,25). The van der Waals surface area contributed by atoms with Gasteiger partial charge in [-0.15, -0.1) is 0 Å². The van der Waals surface area contributed by atoms with Gasteiger partial charge in [-0.05, 0) is 12.5 Å².